The number of ketones is 1. The summed E-state index contributed by atoms with van der Waals surface area (Å²) in [5.74, 6) is 3.65. The number of benzene rings is 1. The first-order valence-electron chi connectivity index (χ1n) is 8.16. The molecule has 0 N–H and O–H groups in total. The standard InChI is InChI=1S/C16H23OS.C3H8/c1-16(2,3)14-8-6-13(7-9-14)15(17)12-18-10-4-5-11-18;1-3-2/h6-9H,4-5,10-12H2,1-3H3;3H2,1-2H3/q+1;. The third-order valence-electron chi connectivity index (χ3n) is 3.52. The molecule has 0 amide bonds. The summed E-state index contributed by atoms with van der Waals surface area (Å²) in [7, 11) is 0.370. The van der Waals surface area contributed by atoms with Crippen LogP contribution >= 0.6 is 0 Å². The Morgan fingerprint density at radius 3 is 1.95 bits per heavy atom. The van der Waals surface area contributed by atoms with Crippen molar-refractivity contribution in [3.8, 4) is 0 Å². The molecule has 1 heterocycles. The molecule has 2 heteroatoms. The Hall–Kier alpha value is -0.760. The number of carbonyl (C=O) groups excluding carboxylic acids is 1. The third kappa shape index (κ3) is 6.25. The summed E-state index contributed by atoms with van der Waals surface area (Å²) in [5.41, 5.74) is 2.35. The largest absolute Gasteiger partial charge is 0.289 e. The van der Waals surface area contributed by atoms with Crippen LogP contribution in [-0.4, -0.2) is 23.0 Å². The lowest BCUT2D eigenvalue weighted by Gasteiger charge is -2.18. The molecule has 1 aliphatic rings. The number of Topliss-reactive ketones (excluding diaryl/α,β-unsaturated/α-hetero) is 1. The molecule has 118 valence electrons. The lowest BCUT2D eigenvalue weighted by atomic mass is 9.86. The second-order valence-corrected chi connectivity index (χ2v) is 9.16. The number of hydrogen-bond donors (Lipinski definition) is 0. The van der Waals surface area contributed by atoms with Crippen molar-refractivity contribution in [2.24, 2.45) is 0 Å². The highest BCUT2D eigenvalue weighted by Crippen LogP contribution is 2.22. The summed E-state index contributed by atoms with van der Waals surface area (Å²) in [6.45, 7) is 10.8. The first-order chi connectivity index (χ1) is 9.88. The Balaban J connectivity index is 0.000000677. The Labute approximate surface area is 133 Å². The second kappa shape index (κ2) is 8.63. The van der Waals surface area contributed by atoms with E-state index in [1.54, 1.807) is 0 Å². The normalized spacial score (nSPS) is 15.5. The van der Waals surface area contributed by atoms with Gasteiger partial charge in [0.25, 0.3) is 0 Å². The average Bonchev–Trinajstić information content (AvgIpc) is 2.91. The minimum absolute atomic E-state index is 0.161. The van der Waals surface area contributed by atoms with E-state index in [0.717, 1.165) is 11.3 Å². The van der Waals surface area contributed by atoms with E-state index in [4.69, 9.17) is 0 Å². The first-order valence-corrected chi connectivity index (χ1v) is 9.89. The van der Waals surface area contributed by atoms with Gasteiger partial charge in [-0.3, -0.25) is 4.79 Å². The van der Waals surface area contributed by atoms with Crippen LogP contribution in [0.3, 0.4) is 0 Å². The summed E-state index contributed by atoms with van der Waals surface area (Å²) >= 11 is 0. The predicted molar refractivity (Wildman–Crippen MR) is 96.6 cm³/mol. The fourth-order valence-electron chi connectivity index (χ4n) is 2.28. The number of carbonyl (C=O) groups is 1. The monoisotopic (exact) mass is 307 g/mol. The van der Waals surface area contributed by atoms with Gasteiger partial charge in [-0.05, 0) is 34.7 Å². The van der Waals surface area contributed by atoms with Gasteiger partial charge < -0.3 is 0 Å². The van der Waals surface area contributed by atoms with Crippen molar-refractivity contribution in [2.75, 3.05) is 17.3 Å². The van der Waals surface area contributed by atoms with Crippen molar-refractivity contribution < 1.29 is 4.79 Å². The van der Waals surface area contributed by atoms with Crippen molar-refractivity contribution in [1.29, 1.82) is 0 Å². The fraction of sp³-hybridized carbons (Fsp3) is 0.632. The summed E-state index contributed by atoms with van der Waals surface area (Å²) in [4.78, 5) is 12.2. The molecule has 1 aromatic carbocycles. The van der Waals surface area contributed by atoms with Crippen LogP contribution in [0.15, 0.2) is 24.3 Å². The predicted octanol–water partition coefficient (Wildman–Crippen LogP) is 5.00. The average molecular weight is 308 g/mol. The Morgan fingerprint density at radius 1 is 1.05 bits per heavy atom. The maximum Gasteiger partial charge on any atom is 0.211 e. The van der Waals surface area contributed by atoms with E-state index in [-0.39, 0.29) is 5.41 Å². The summed E-state index contributed by atoms with van der Waals surface area (Å²) < 4.78 is 0. The van der Waals surface area contributed by atoms with Gasteiger partial charge in [0, 0.05) is 5.56 Å². The van der Waals surface area contributed by atoms with E-state index in [0.29, 0.717) is 16.7 Å². The van der Waals surface area contributed by atoms with Crippen molar-refractivity contribution in [1.82, 2.24) is 0 Å². The van der Waals surface area contributed by atoms with E-state index in [1.807, 2.05) is 12.1 Å². The van der Waals surface area contributed by atoms with E-state index >= 15 is 0 Å². The highest BCUT2D eigenvalue weighted by molar-refractivity contribution is 7.97. The van der Waals surface area contributed by atoms with Crippen LogP contribution in [0.5, 0.6) is 0 Å². The molecule has 21 heavy (non-hydrogen) atoms. The molecule has 0 unspecified atom stereocenters. The zero-order valence-electron chi connectivity index (χ0n) is 14.4. The molecule has 1 fully saturated rings. The first kappa shape index (κ1) is 18.3. The molecule has 0 bridgehead atoms. The maximum atomic E-state index is 12.2. The van der Waals surface area contributed by atoms with Crippen LogP contribution in [0.4, 0.5) is 0 Å². The molecule has 0 aromatic heterocycles. The lowest BCUT2D eigenvalue weighted by Crippen LogP contribution is -2.18. The van der Waals surface area contributed by atoms with Crippen LogP contribution in [0.25, 0.3) is 0 Å². The van der Waals surface area contributed by atoms with E-state index in [9.17, 15) is 4.79 Å². The SMILES string of the molecule is CC(C)(C)c1ccc(C(=O)C[S+]2CCCC2)cc1.CCC. The second-order valence-electron chi connectivity index (χ2n) is 6.83. The van der Waals surface area contributed by atoms with Crippen LogP contribution in [-0.2, 0) is 16.3 Å². The zero-order valence-corrected chi connectivity index (χ0v) is 15.2. The van der Waals surface area contributed by atoms with Gasteiger partial charge >= 0.3 is 0 Å². The van der Waals surface area contributed by atoms with E-state index in [1.165, 1.54) is 36.3 Å². The third-order valence-corrected chi connectivity index (χ3v) is 5.93. The molecule has 0 spiro atoms. The van der Waals surface area contributed by atoms with Gasteiger partial charge in [0.2, 0.25) is 5.78 Å². The molecule has 1 aliphatic heterocycles. The van der Waals surface area contributed by atoms with E-state index in [2.05, 4.69) is 46.8 Å². The van der Waals surface area contributed by atoms with Crippen LogP contribution in [0, 0.1) is 0 Å². The van der Waals surface area contributed by atoms with Crippen LogP contribution in [0.1, 0.15) is 69.8 Å². The molecule has 1 nitrogen and oxygen atoms in total. The molecule has 0 saturated carbocycles. The van der Waals surface area contributed by atoms with Gasteiger partial charge in [-0.15, -0.1) is 0 Å². The van der Waals surface area contributed by atoms with Crippen LogP contribution in [0.2, 0.25) is 0 Å². The minimum atomic E-state index is 0.161. The molecular formula is C19H31OS+. The molecule has 2 rings (SSSR count). The van der Waals surface area contributed by atoms with Crippen molar-refractivity contribution in [3.05, 3.63) is 35.4 Å². The van der Waals surface area contributed by atoms with Crippen molar-refractivity contribution in [2.45, 2.75) is 59.3 Å². The van der Waals surface area contributed by atoms with E-state index < -0.39 is 0 Å². The lowest BCUT2D eigenvalue weighted by molar-refractivity contribution is 0.102. The quantitative estimate of drug-likeness (QED) is 0.567. The minimum Gasteiger partial charge on any atom is -0.289 e. The number of rotatable bonds is 3. The fourth-order valence-corrected chi connectivity index (χ4v) is 4.54. The zero-order chi connectivity index (χ0) is 15.9. The van der Waals surface area contributed by atoms with Gasteiger partial charge in [0.1, 0.15) is 11.5 Å². The van der Waals surface area contributed by atoms with Crippen molar-refractivity contribution >= 4 is 16.7 Å². The topological polar surface area (TPSA) is 17.1 Å². The Kier molecular flexibility index (Phi) is 7.51. The van der Waals surface area contributed by atoms with Crippen molar-refractivity contribution in [3.63, 3.8) is 0 Å². The van der Waals surface area contributed by atoms with Gasteiger partial charge in [0.05, 0.1) is 0 Å². The molecule has 1 aromatic rings. The Morgan fingerprint density at radius 2 is 1.52 bits per heavy atom. The maximum absolute atomic E-state index is 12.2. The summed E-state index contributed by atoms with van der Waals surface area (Å²) in [6, 6.07) is 8.21. The Bertz CT molecular complexity index is 422. The smallest absolute Gasteiger partial charge is 0.211 e. The van der Waals surface area contributed by atoms with Gasteiger partial charge in [-0.2, -0.15) is 0 Å². The summed E-state index contributed by atoms with van der Waals surface area (Å²) in [6.07, 6.45) is 3.89. The van der Waals surface area contributed by atoms with Gasteiger partial charge in [-0.25, -0.2) is 0 Å². The molecule has 0 radical (unpaired) electrons. The molecular weight excluding hydrogens is 276 g/mol. The molecule has 1 saturated heterocycles. The highest BCUT2D eigenvalue weighted by Gasteiger charge is 2.27. The van der Waals surface area contributed by atoms with Gasteiger partial charge in [-0.1, -0.05) is 65.3 Å². The summed E-state index contributed by atoms with van der Waals surface area (Å²) in [5, 5.41) is 0. The van der Waals surface area contributed by atoms with Crippen LogP contribution < -0.4 is 0 Å². The van der Waals surface area contributed by atoms with Gasteiger partial charge in [0.15, 0.2) is 5.75 Å². The molecule has 0 aliphatic carbocycles. The number of hydrogen-bond acceptors (Lipinski definition) is 1. The highest BCUT2D eigenvalue weighted by atomic mass is 32.2. The molecule has 0 atom stereocenters.